The van der Waals surface area contributed by atoms with Gasteiger partial charge < -0.3 is 44.5 Å². The van der Waals surface area contributed by atoms with Crippen molar-refractivity contribution in [2.45, 2.75) is 49.0 Å². The van der Waals surface area contributed by atoms with E-state index in [0.717, 1.165) is 6.26 Å². The Morgan fingerprint density at radius 3 is 2.65 bits per heavy atom. The second kappa shape index (κ2) is 7.24. The SMILES string of the molecule is C=C[C@@H]1[C@@H](O[C@H]2O[C@@H](CO)[C@@H](O)[C@@H](O)[C@H]2O)OC=C2C(=O)OCC[C@@]21O. The maximum Gasteiger partial charge on any atom is 0.340 e. The Morgan fingerprint density at radius 2 is 2.00 bits per heavy atom. The van der Waals surface area contributed by atoms with E-state index >= 15 is 0 Å². The van der Waals surface area contributed by atoms with Crippen molar-refractivity contribution in [1.82, 2.24) is 0 Å². The van der Waals surface area contributed by atoms with E-state index in [0.29, 0.717) is 0 Å². The van der Waals surface area contributed by atoms with E-state index in [9.17, 15) is 30.3 Å². The summed E-state index contributed by atoms with van der Waals surface area (Å²) in [6.07, 6.45) is -6.10. The summed E-state index contributed by atoms with van der Waals surface area (Å²) in [5.41, 5.74) is -1.70. The van der Waals surface area contributed by atoms with E-state index in [1.807, 2.05) is 0 Å². The summed E-state index contributed by atoms with van der Waals surface area (Å²) in [6, 6.07) is 0. The molecule has 2 fully saturated rings. The molecule has 0 spiro atoms. The van der Waals surface area contributed by atoms with Crippen LogP contribution in [0.2, 0.25) is 0 Å². The molecular formula is C16H22O10. The van der Waals surface area contributed by atoms with Gasteiger partial charge in [-0.3, -0.25) is 0 Å². The topological polar surface area (TPSA) is 155 Å². The van der Waals surface area contributed by atoms with Crippen molar-refractivity contribution in [1.29, 1.82) is 0 Å². The van der Waals surface area contributed by atoms with Crippen LogP contribution in [0.5, 0.6) is 0 Å². The molecule has 0 amide bonds. The number of rotatable bonds is 4. The van der Waals surface area contributed by atoms with Gasteiger partial charge in [0, 0.05) is 6.42 Å². The normalized spacial score (nSPS) is 45.8. The molecule has 146 valence electrons. The van der Waals surface area contributed by atoms with Crippen LogP contribution < -0.4 is 0 Å². The lowest BCUT2D eigenvalue weighted by molar-refractivity contribution is -0.344. The molecule has 0 unspecified atom stereocenters. The van der Waals surface area contributed by atoms with Crippen LogP contribution in [0.3, 0.4) is 0 Å². The second-order valence-electron chi connectivity index (χ2n) is 6.44. The number of aliphatic hydroxyl groups excluding tert-OH is 4. The van der Waals surface area contributed by atoms with Gasteiger partial charge in [0.05, 0.1) is 25.4 Å². The number of cyclic esters (lactones) is 1. The van der Waals surface area contributed by atoms with Crippen LogP contribution in [0.4, 0.5) is 0 Å². The average molecular weight is 374 g/mol. The molecule has 0 radical (unpaired) electrons. The van der Waals surface area contributed by atoms with Crippen LogP contribution in [-0.2, 0) is 23.7 Å². The highest BCUT2D eigenvalue weighted by atomic mass is 16.8. The zero-order valence-corrected chi connectivity index (χ0v) is 13.8. The van der Waals surface area contributed by atoms with Gasteiger partial charge in [0.15, 0.2) is 6.29 Å². The molecular weight excluding hydrogens is 352 g/mol. The molecule has 10 nitrogen and oxygen atoms in total. The fourth-order valence-corrected chi connectivity index (χ4v) is 3.36. The first-order valence-electron chi connectivity index (χ1n) is 8.17. The van der Waals surface area contributed by atoms with Crippen molar-refractivity contribution >= 4 is 5.97 Å². The maximum atomic E-state index is 11.8. The van der Waals surface area contributed by atoms with Gasteiger partial charge in [-0.25, -0.2) is 4.79 Å². The first-order valence-corrected chi connectivity index (χ1v) is 8.17. The number of hydrogen-bond donors (Lipinski definition) is 5. The second-order valence-corrected chi connectivity index (χ2v) is 6.44. The number of esters is 1. The lowest BCUT2D eigenvalue weighted by Gasteiger charge is -2.46. The third-order valence-electron chi connectivity index (χ3n) is 4.94. The van der Waals surface area contributed by atoms with Gasteiger partial charge in [-0.05, 0) is 0 Å². The first-order chi connectivity index (χ1) is 12.3. The largest absolute Gasteiger partial charge is 0.471 e. The number of carbonyl (C=O) groups is 1. The lowest BCUT2D eigenvalue weighted by Crippen LogP contribution is -2.61. The van der Waals surface area contributed by atoms with Crippen molar-refractivity contribution < 1.29 is 49.3 Å². The van der Waals surface area contributed by atoms with E-state index < -0.39 is 61.1 Å². The molecule has 0 aromatic heterocycles. The highest BCUT2D eigenvalue weighted by molar-refractivity contribution is 5.91. The smallest absolute Gasteiger partial charge is 0.340 e. The molecule has 0 aliphatic carbocycles. The molecule has 3 heterocycles. The number of aliphatic hydroxyl groups is 5. The van der Waals surface area contributed by atoms with Gasteiger partial charge in [0.25, 0.3) is 0 Å². The highest BCUT2D eigenvalue weighted by Crippen LogP contribution is 2.42. The zero-order chi connectivity index (χ0) is 19.1. The van der Waals surface area contributed by atoms with Crippen molar-refractivity contribution in [3.8, 4) is 0 Å². The van der Waals surface area contributed by atoms with Gasteiger partial charge in [0.2, 0.25) is 6.29 Å². The molecule has 5 N–H and O–H groups in total. The minimum atomic E-state index is -1.63. The van der Waals surface area contributed by atoms with Gasteiger partial charge in [-0.15, -0.1) is 6.58 Å². The number of carbonyl (C=O) groups excluding carboxylic acids is 1. The van der Waals surface area contributed by atoms with Crippen molar-refractivity contribution in [2.75, 3.05) is 13.2 Å². The molecule has 0 aromatic rings. The Kier molecular flexibility index (Phi) is 5.35. The summed E-state index contributed by atoms with van der Waals surface area (Å²) in [5, 5.41) is 49.9. The minimum Gasteiger partial charge on any atom is -0.471 e. The standard InChI is InChI=1S/C16H22O10/c1-2-7-14(24-6-8-13(21)23-4-3-16(7,8)22)26-15-12(20)11(19)10(18)9(5-17)25-15/h2,6-7,9-12,14-15,17-20,22H,1,3-5H2/t7-,9+,10-,11-,12-,14-,15-,16+/m1/s1. The van der Waals surface area contributed by atoms with Gasteiger partial charge in [-0.2, -0.15) is 0 Å². The fraction of sp³-hybridized carbons (Fsp3) is 0.688. The third kappa shape index (κ3) is 3.03. The first kappa shape index (κ1) is 19.2. The van der Waals surface area contributed by atoms with Gasteiger partial charge in [0.1, 0.15) is 35.6 Å². The maximum absolute atomic E-state index is 11.8. The molecule has 0 bridgehead atoms. The fourth-order valence-electron chi connectivity index (χ4n) is 3.36. The van der Waals surface area contributed by atoms with E-state index in [1.54, 1.807) is 0 Å². The quantitative estimate of drug-likeness (QED) is 0.264. The van der Waals surface area contributed by atoms with E-state index in [2.05, 4.69) is 6.58 Å². The van der Waals surface area contributed by atoms with Crippen LogP contribution in [0.25, 0.3) is 0 Å². The van der Waals surface area contributed by atoms with E-state index in [1.165, 1.54) is 6.08 Å². The molecule has 3 rings (SSSR count). The van der Waals surface area contributed by atoms with Gasteiger partial charge >= 0.3 is 5.97 Å². The van der Waals surface area contributed by atoms with Gasteiger partial charge in [-0.1, -0.05) is 6.08 Å². The molecule has 3 aliphatic heterocycles. The van der Waals surface area contributed by atoms with Crippen LogP contribution in [0.15, 0.2) is 24.5 Å². The predicted octanol–water partition coefficient (Wildman–Crippen LogP) is -2.48. The molecule has 8 atom stereocenters. The van der Waals surface area contributed by atoms with Crippen molar-refractivity contribution in [2.24, 2.45) is 5.92 Å². The Morgan fingerprint density at radius 1 is 1.27 bits per heavy atom. The summed E-state index contributed by atoms with van der Waals surface area (Å²) in [5.74, 6) is -1.61. The highest BCUT2D eigenvalue weighted by Gasteiger charge is 2.54. The Bertz CT molecular complexity index is 590. The molecule has 26 heavy (non-hydrogen) atoms. The Balaban J connectivity index is 1.81. The average Bonchev–Trinajstić information content (AvgIpc) is 2.61. The van der Waals surface area contributed by atoms with Crippen molar-refractivity contribution in [3.63, 3.8) is 0 Å². The summed E-state index contributed by atoms with van der Waals surface area (Å²) in [4.78, 5) is 11.8. The number of ether oxygens (including phenoxy) is 4. The Hall–Kier alpha value is -1.53. The van der Waals surface area contributed by atoms with Crippen LogP contribution in [0, 0.1) is 5.92 Å². The summed E-state index contributed by atoms with van der Waals surface area (Å²) >= 11 is 0. The Labute approximate surface area is 148 Å². The minimum absolute atomic E-state index is 0.00375. The molecule has 10 heteroatoms. The summed E-state index contributed by atoms with van der Waals surface area (Å²) in [6.45, 7) is 3.03. The van der Waals surface area contributed by atoms with E-state index in [-0.39, 0.29) is 18.6 Å². The molecule has 3 aliphatic rings. The van der Waals surface area contributed by atoms with Crippen LogP contribution >= 0.6 is 0 Å². The zero-order valence-electron chi connectivity index (χ0n) is 13.8. The van der Waals surface area contributed by atoms with Crippen LogP contribution in [-0.4, -0.2) is 87.3 Å². The summed E-state index contributed by atoms with van der Waals surface area (Å²) < 4.78 is 21.1. The molecule has 2 saturated heterocycles. The van der Waals surface area contributed by atoms with Crippen molar-refractivity contribution in [3.05, 3.63) is 24.5 Å². The number of hydrogen-bond acceptors (Lipinski definition) is 10. The predicted molar refractivity (Wildman–Crippen MR) is 82.0 cm³/mol. The third-order valence-corrected chi connectivity index (χ3v) is 4.94. The lowest BCUT2D eigenvalue weighted by atomic mass is 9.76. The molecule has 0 aromatic carbocycles. The summed E-state index contributed by atoms with van der Waals surface area (Å²) in [7, 11) is 0. The van der Waals surface area contributed by atoms with E-state index in [4.69, 9.17) is 18.9 Å². The van der Waals surface area contributed by atoms with Crippen LogP contribution in [0.1, 0.15) is 6.42 Å². The molecule has 0 saturated carbocycles. The number of fused-ring (bicyclic) bond motifs is 1. The monoisotopic (exact) mass is 374 g/mol.